The number of hydrogen-bond donors (Lipinski definition) is 1. The largest absolute Gasteiger partial charge is 0.361 e. The molecule has 4 heteroatoms. The Labute approximate surface area is 127 Å². The van der Waals surface area contributed by atoms with E-state index in [-0.39, 0.29) is 0 Å². The summed E-state index contributed by atoms with van der Waals surface area (Å²) in [7, 11) is 0. The van der Waals surface area contributed by atoms with Crippen molar-refractivity contribution in [3.63, 3.8) is 0 Å². The Hall–Kier alpha value is -2.57. The number of halogens is 1. The molecule has 0 bridgehead atoms. The fraction of sp³-hybridized carbons (Fsp3) is 0.0588. The number of aryl methyl sites for hydroxylation is 1. The molecule has 21 heavy (non-hydrogen) atoms. The minimum Gasteiger partial charge on any atom is -0.361 e. The second-order valence-electron chi connectivity index (χ2n) is 4.72. The molecule has 0 saturated heterocycles. The van der Waals surface area contributed by atoms with E-state index in [0.717, 1.165) is 28.2 Å². The van der Waals surface area contributed by atoms with Crippen LogP contribution in [0.5, 0.6) is 0 Å². The minimum absolute atomic E-state index is 0.593. The molecular formula is C17H12ClN3. The Kier molecular flexibility index (Phi) is 3.47. The van der Waals surface area contributed by atoms with Gasteiger partial charge in [-0.05, 0) is 37.3 Å². The van der Waals surface area contributed by atoms with Crippen molar-refractivity contribution < 1.29 is 0 Å². The lowest BCUT2D eigenvalue weighted by Crippen LogP contribution is -1.96. The molecule has 0 aliphatic heterocycles. The number of benzene rings is 1. The van der Waals surface area contributed by atoms with Crippen molar-refractivity contribution >= 4 is 11.6 Å². The molecule has 0 aliphatic carbocycles. The van der Waals surface area contributed by atoms with Gasteiger partial charge < -0.3 is 4.98 Å². The van der Waals surface area contributed by atoms with Crippen LogP contribution in [0.15, 0.2) is 48.7 Å². The van der Waals surface area contributed by atoms with Gasteiger partial charge in [-0.2, -0.15) is 5.26 Å². The van der Waals surface area contributed by atoms with Gasteiger partial charge in [0.15, 0.2) is 0 Å². The van der Waals surface area contributed by atoms with E-state index in [0.29, 0.717) is 10.6 Å². The molecule has 0 unspecified atom stereocenters. The van der Waals surface area contributed by atoms with Gasteiger partial charge >= 0.3 is 0 Å². The second kappa shape index (κ2) is 5.43. The van der Waals surface area contributed by atoms with E-state index < -0.39 is 0 Å². The highest BCUT2D eigenvalue weighted by atomic mass is 35.5. The van der Waals surface area contributed by atoms with Gasteiger partial charge in [-0.25, -0.2) is 0 Å². The summed E-state index contributed by atoms with van der Waals surface area (Å²) in [5, 5.41) is 10.1. The quantitative estimate of drug-likeness (QED) is 0.752. The number of nitriles is 1. The maximum Gasteiger partial charge on any atom is 0.102 e. The summed E-state index contributed by atoms with van der Waals surface area (Å²) in [6.45, 7) is 1.85. The molecule has 0 fully saturated rings. The molecule has 0 amide bonds. The zero-order valence-corrected chi connectivity index (χ0v) is 12.1. The van der Waals surface area contributed by atoms with Crippen LogP contribution >= 0.6 is 11.6 Å². The maximum absolute atomic E-state index is 9.37. The van der Waals surface area contributed by atoms with E-state index in [4.69, 9.17) is 11.6 Å². The predicted octanol–water partition coefficient (Wildman–Crippen LogP) is 4.58. The normalized spacial score (nSPS) is 10.3. The molecule has 0 saturated carbocycles. The van der Waals surface area contributed by atoms with Gasteiger partial charge in [0.05, 0.1) is 17.0 Å². The average Bonchev–Trinajstić information content (AvgIpc) is 3.01. The molecule has 2 heterocycles. The highest BCUT2D eigenvalue weighted by Crippen LogP contribution is 2.29. The number of aromatic amines is 1. The number of rotatable bonds is 2. The fourth-order valence-electron chi connectivity index (χ4n) is 2.29. The van der Waals surface area contributed by atoms with Crippen molar-refractivity contribution in [1.82, 2.24) is 9.97 Å². The Morgan fingerprint density at radius 2 is 1.95 bits per heavy atom. The summed E-state index contributed by atoms with van der Waals surface area (Å²) < 4.78 is 0. The predicted molar refractivity (Wildman–Crippen MR) is 83.9 cm³/mol. The topological polar surface area (TPSA) is 52.5 Å². The van der Waals surface area contributed by atoms with Gasteiger partial charge in [-0.3, -0.25) is 4.98 Å². The van der Waals surface area contributed by atoms with E-state index in [9.17, 15) is 5.26 Å². The van der Waals surface area contributed by atoms with Gasteiger partial charge in [0, 0.05) is 28.0 Å². The Morgan fingerprint density at radius 1 is 1.19 bits per heavy atom. The Morgan fingerprint density at radius 3 is 2.57 bits per heavy atom. The number of nitrogens with zero attached hydrogens (tertiary/aromatic N) is 2. The summed E-state index contributed by atoms with van der Waals surface area (Å²) in [4.78, 5) is 7.68. The maximum atomic E-state index is 9.37. The van der Waals surface area contributed by atoms with E-state index in [1.807, 2.05) is 55.6 Å². The SMILES string of the molecule is Cc1nc(-c2ccc(Cl)cc2)cc(-c2ccc[nH]2)c1C#N. The van der Waals surface area contributed by atoms with Crippen LogP contribution in [0.25, 0.3) is 22.5 Å². The van der Waals surface area contributed by atoms with Crippen molar-refractivity contribution in [2.75, 3.05) is 0 Å². The van der Waals surface area contributed by atoms with Gasteiger partial charge in [-0.15, -0.1) is 0 Å². The highest BCUT2D eigenvalue weighted by Gasteiger charge is 2.13. The van der Waals surface area contributed by atoms with E-state index in [1.54, 1.807) is 0 Å². The smallest absolute Gasteiger partial charge is 0.102 e. The van der Waals surface area contributed by atoms with Crippen LogP contribution in [0.2, 0.25) is 5.02 Å². The lowest BCUT2D eigenvalue weighted by atomic mass is 10.0. The Balaban J connectivity index is 2.21. The first-order chi connectivity index (χ1) is 10.2. The molecule has 0 spiro atoms. The van der Waals surface area contributed by atoms with Crippen LogP contribution < -0.4 is 0 Å². The van der Waals surface area contributed by atoms with Gasteiger partial charge in [0.2, 0.25) is 0 Å². The number of pyridine rings is 1. The van der Waals surface area contributed by atoms with E-state index >= 15 is 0 Å². The van der Waals surface area contributed by atoms with E-state index in [2.05, 4.69) is 16.0 Å². The number of H-pyrrole nitrogens is 1. The first-order valence-corrected chi connectivity index (χ1v) is 6.88. The zero-order chi connectivity index (χ0) is 14.8. The number of nitrogens with one attached hydrogen (secondary N) is 1. The standard InChI is InChI=1S/C17H12ClN3/c1-11-15(10-19)14(16-3-2-8-20-16)9-17(21-11)12-4-6-13(18)7-5-12/h2-9,20H,1H3. The molecule has 1 aromatic carbocycles. The molecule has 0 aliphatic rings. The summed E-state index contributed by atoms with van der Waals surface area (Å²) in [5.41, 5.74) is 4.88. The van der Waals surface area contributed by atoms with E-state index in [1.165, 1.54) is 0 Å². The molecule has 0 atom stereocenters. The van der Waals surface area contributed by atoms with Crippen molar-refractivity contribution in [2.45, 2.75) is 6.92 Å². The molecule has 3 nitrogen and oxygen atoms in total. The lowest BCUT2D eigenvalue weighted by Gasteiger charge is -2.09. The molecule has 2 aromatic heterocycles. The monoisotopic (exact) mass is 293 g/mol. The summed E-state index contributed by atoms with van der Waals surface area (Å²) in [6.07, 6.45) is 1.84. The first kappa shape index (κ1) is 13.4. The summed E-state index contributed by atoms with van der Waals surface area (Å²) >= 11 is 5.92. The Bertz CT molecular complexity index is 812. The van der Waals surface area contributed by atoms with Crippen LogP contribution in [0.4, 0.5) is 0 Å². The third kappa shape index (κ3) is 2.54. The molecule has 0 radical (unpaired) electrons. The molecule has 3 rings (SSSR count). The molecule has 102 valence electrons. The summed E-state index contributed by atoms with van der Waals surface area (Å²) in [6, 6.07) is 15.5. The number of aromatic nitrogens is 2. The van der Waals surface area contributed by atoms with Crippen molar-refractivity contribution in [2.24, 2.45) is 0 Å². The third-order valence-corrected chi connectivity index (χ3v) is 3.59. The van der Waals surface area contributed by atoms with Gasteiger partial charge in [0.1, 0.15) is 6.07 Å². The van der Waals surface area contributed by atoms with Gasteiger partial charge in [-0.1, -0.05) is 23.7 Å². The average molecular weight is 294 g/mol. The summed E-state index contributed by atoms with van der Waals surface area (Å²) in [5.74, 6) is 0. The zero-order valence-electron chi connectivity index (χ0n) is 11.4. The second-order valence-corrected chi connectivity index (χ2v) is 5.15. The lowest BCUT2D eigenvalue weighted by molar-refractivity contribution is 1.18. The van der Waals surface area contributed by atoms with Gasteiger partial charge in [0.25, 0.3) is 0 Å². The fourth-order valence-corrected chi connectivity index (χ4v) is 2.42. The van der Waals surface area contributed by atoms with Crippen molar-refractivity contribution in [3.05, 3.63) is 64.9 Å². The van der Waals surface area contributed by atoms with Crippen LogP contribution in [-0.4, -0.2) is 9.97 Å². The van der Waals surface area contributed by atoms with Crippen LogP contribution in [0.1, 0.15) is 11.3 Å². The number of hydrogen-bond acceptors (Lipinski definition) is 2. The minimum atomic E-state index is 0.593. The molecular weight excluding hydrogens is 282 g/mol. The van der Waals surface area contributed by atoms with Crippen LogP contribution in [0.3, 0.4) is 0 Å². The molecule has 1 N–H and O–H groups in total. The highest BCUT2D eigenvalue weighted by molar-refractivity contribution is 6.30. The van der Waals surface area contributed by atoms with Crippen LogP contribution in [-0.2, 0) is 0 Å². The molecule has 3 aromatic rings. The van der Waals surface area contributed by atoms with Crippen molar-refractivity contribution in [1.29, 1.82) is 5.26 Å². The third-order valence-electron chi connectivity index (χ3n) is 3.34. The van der Waals surface area contributed by atoms with Crippen molar-refractivity contribution in [3.8, 4) is 28.6 Å². The van der Waals surface area contributed by atoms with Crippen LogP contribution in [0, 0.1) is 18.3 Å². The first-order valence-electron chi connectivity index (χ1n) is 6.50.